The molecule has 4 nitrogen and oxygen atoms in total. The molecule has 0 saturated heterocycles. The van der Waals surface area contributed by atoms with E-state index in [2.05, 4.69) is 19.2 Å². The summed E-state index contributed by atoms with van der Waals surface area (Å²) in [6.45, 7) is 9.41. The van der Waals surface area contributed by atoms with Crippen LogP contribution in [-0.2, 0) is 0 Å². The lowest BCUT2D eigenvalue weighted by Crippen LogP contribution is -2.31. The van der Waals surface area contributed by atoms with Crippen LogP contribution in [0.15, 0.2) is 18.2 Å². The molecule has 0 fully saturated rings. The van der Waals surface area contributed by atoms with Gasteiger partial charge in [0, 0.05) is 17.0 Å². The van der Waals surface area contributed by atoms with Crippen molar-refractivity contribution in [2.75, 3.05) is 13.2 Å². The molecule has 1 aliphatic heterocycles. The van der Waals surface area contributed by atoms with Crippen LogP contribution in [0.2, 0.25) is 0 Å². The summed E-state index contributed by atoms with van der Waals surface area (Å²) in [5, 5.41) is 2.95. The predicted molar refractivity (Wildman–Crippen MR) is 78.4 cm³/mol. The van der Waals surface area contributed by atoms with Crippen LogP contribution >= 0.6 is 0 Å². The minimum Gasteiger partial charge on any atom is -0.489 e. The molecule has 1 unspecified atom stereocenters. The molecule has 0 saturated carbocycles. The minimum atomic E-state index is -0.0748. The second kappa shape index (κ2) is 5.73. The number of fused-ring (bicyclic) bond motifs is 1. The van der Waals surface area contributed by atoms with E-state index in [-0.39, 0.29) is 17.4 Å². The quantitative estimate of drug-likeness (QED) is 0.924. The number of benzene rings is 1. The van der Waals surface area contributed by atoms with Gasteiger partial charge in [-0.1, -0.05) is 20.8 Å². The first kappa shape index (κ1) is 14.7. The van der Waals surface area contributed by atoms with Crippen LogP contribution in [0.1, 0.15) is 44.5 Å². The molecule has 1 heterocycles. The molecule has 0 aromatic heterocycles. The summed E-state index contributed by atoms with van der Waals surface area (Å²) in [6, 6.07) is 5.51. The lowest BCUT2D eigenvalue weighted by molar-refractivity contribution is 0.0938. The molecule has 1 amide bonds. The zero-order chi connectivity index (χ0) is 14.8. The Labute approximate surface area is 120 Å². The Bertz CT molecular complexity index is 496. The minimum absolute atomic E-state index is 0.0296. The van der Waals surface area contributed by atoms with Gasteiger partial charge in [-0.25, -0.2) is 0 Å². The molecule has 1 aromatic rings. The highest BCUT2D eigenvalue weighted by atomic mass is 16.5. The van der Waals surface area contributed by atoms with Crippen molar-refractivity contribution < 1.29 is 14.3 Å². The fourth-order valence-corrected chi connectivity index (χ4v) is 1.88. The van der Waals surface area contributed by atoms with E-state index < -0.39 is 0 Å². The lowest BCUT2D eigenvalue weighted by Gasteiger charge is -2.19. The number of hydrogen-bond acceptors (Lipinski definition) is 3. The smallest absolute Gasteiger partial charge is 0.251 e. The number of nitrogens with one attached hydrogen (secondary N) is 1. The highest BCUT2D eigenvalue weighted by molar-refractivity contribution is 5.95. The third-order valence-corrected chi connectivity index (χ3v) is 3.43. The highest BCUT2D eigenvalue weighted by Crippen LogP contribution is 2.34. The first-order valence-electron chi connectivity index (χ1n) is 7.12. The maximum Gasteiger partial charge on any atom is 0.251 e. The van der Waals surface area contributed by atoms with E-state index in [0.717, 1.165) is 6.42 Å². The summed E-state index contributed by atoms with van der Waals surface area (Å²) in [6.07, 6.45) is 0.907. The Balaban J connectivity index is 2.16. The molecule has 1 aromatic carbocycles. The van der Waals surface area contributed by atoms with Gasteiger partial charge in [0.2, 0.25) is 0 Å². The van der Waals surface area contributed by atoms with Crippen molar-refractivity contribution >= 4 is 5.91 Å². The van der Waals surface area contributed by atoms with Crippen molar-refractivity contribution in [1.29, 1.82) is 0 Å². The van der Waals surface area contributed by atoms with Crippen molar-refractivity contribution in [2.45, 2.75) is 40.2 Å². The van der Waals surface area contributed by atoms with Crippen molar-refractivity contribution in [3.63, 3.8) is 0 Å². The third-order valence-electron chi connectivity index (χ3n) is 3.43. The standard InChI is InChI=1S/C16H23NO3/c1-5-11(2)17-15(18)12-6-7-13-14(8-12)20-10-16(3,4)9-19-13/h6-8,11H,5,9-10H2,1-4H3,(H,17,18). The van der Waals surface area contributed by atoms with Gasteiger partial charge in [-0.3, -0.25) is 4.79 Å². The zero-order valence-corrected chi connectivity index (χ0v) is 12.7. The molecule has 20 heavy (non-hydrogen) atoms. The average molecular weight is 277 g/mol. The number of carbonyl (C=O) groups excluding carboxylic acids is 1. The number of rotatable bonds is 3. The predicted octanol–water partition coefficient (Wildman–Crippen LogP) is 3.01. The van der Waals surface area contributed by atoms with E-state index in [1.165, 1.54) is 0 Å². The van der Waals surface area contributed by atoms with Crippen LogP contribution in [0.5, 0.6) is 11.5 Å². The van der Waals surface area contributed by atoms with Gasteiger partial charge in [0.1, 0.15) is 0 Å². The second-order valence-corrected chi connectivity index (χ2v) is 6.19. The van der Waals surface area contributed by atoms with Gasteiger partial charge in [-0.2, -0.15) is 0 Å². The Morgan fingerprint density at radius 2 is 1.95 bits per heavy atom. The summed E-state index contributed by atoms with van der Waals surface area (Å²) < 4.78 is 11.5. The number of ether oxygens (including phenoxy) is 2. The first-order valence-corrected chi connectivity index (χ1v) is 7.12. The van der Waals surface area contributed by atoms with Crippen molar-refractivity contribution in [3.05, 3.63) is 23.8 Å². The molecule has 1 N–H and O–H groups in total. The van der Waals surface area contributed by atoms with Gasteiger partial charge in [0.25, 0.3) is 5.91 Å². The molecule has 0 spiro atoms. The summed E-state index contributed by atoms with van der Waals surface area (Å²) in [5.74, 6) is 1.28. The van der Waals surface area contributed by atoms with Crippen LogP contribution in [0, 0.1) is 5.41 Å². The molecule has 0 radical (unpaired) electrons. The van der Waals surface area contributed by atoms with E-state index in [9.17, 15) is 4.79 Å². The monoisotopic (exact) mass is 277 g/mol. The second-order valence-electron chi connectivity index (χ2n) is 6.19. The van der Waals surface area contributed by atoms with Crippen LogP contribution in [0.4, 0.5) is 0 Å². The number of carbonyl (C=O) groups is 1. The fraction of sp³-hybridized carbons (Fsp3) is 0.562. The van der Waals surface area contributed by atoms with Crippen molar-refractivity contribution in [3.8, 4) is 11.5 Å². The molecule has 1 atom stereocenters. The van der Waals surface area contributed by atoms with Crippen molar-refractivity contribution in [2.24, 2.45) is 5.41 Å². The average Bonchev–Trinajstić information content (AvgIpc) is 2.57. The van der Waals surface area contributed by atoms with Gasteiger partial charge < -0.3 is 14.8 Å². The summed E-state index contributed by atoms with van der Waals surface area (Å²) >= 11 is 0. The summed E-state index contributed by atoms with van der Waals surface area (Å²) in [4.78, 5) is 12.1. The molecule has 4 heteroatoms. The zero-order valence-electron chi connectivity index (χ0n) is 12.7. The maximum absolute atomic E-state index is 12.1. The first-order chi connectivity index (χ1) is 9.41. The highest BCUT2D eigenvalue weighted by Gasteiger charge is 2.25. The van der Waals surface area contributed by atoms with E-state index in [4.69, 9.17) is 9.47 Å². The van der Waals surface area contributed by atoms with E-state index >= 15 is 0 Å². The summed E-state index contributed by atoms with van der Waals surface area (Å²) in [7, 11) is 0. The van der Waals surface area contributed by atoms with E-state index in [0.29, 0.717) is 30.3 Å². The van der Waals surface area contributed by atoms with E-state index in [1.54, 1.807) is 12.1 Å². The van der Waals surface area contributed by atoms with Gasteiger partial charge in [0.05, 0.1) is 13.2 Å². The van der Waals surface area contributed by atoms with Gasteiger partial charge >= 0.3 is 0 Å². The van der Waals surface area contributed by atoms with Crippen LogP contribution < -0.4 is 14.8 Å². The molecule has 1 aliphatic rings. The number of amides is 1. The maximum atomic E-state index is 12.1. The molecule has 0 bridgehead atoms. The summed E-state index contributed by atoms with van der Waals surface area (Å²) in [5.41, 5.74) is 0.574. The third kappa shape index (κ3) is 3.44. The van der Waals surface area contributed by atoms with Gasteiger partial charge in [-0.15, -0.1) is 0 Å². The van der Waals surface area contributed by atoms with Crippen LogP contribution in [0.3, 0.4) is 0 Å². The number of hydrogen-bond donors (Lipinski definition) is 1. The van der Waals surface area contributed by atoms with Crippen LogP contribution in [-0.4, -0.2) is 25.2 Å². The SMILES string of the molecule is CCC(C)NC(=O)c1ccc2c(c1)OCC(C)(C)CO2. The Hall–Kier alpha value is -1.71. The normalized spacial score (nSPS) is 18.0. The Morgan fingerprint density at radius 1 is 1.30 bits per heavy atom. The lowest BCUT2D eigenvalue weighted by atomic mass is 9.97. The molecule has 2 rings (SSSR count). The van der Waals surface area contributed by atoms with Crippen LogP contribution in [0.25, 0.3) is 0 Å². The molecular weight excluding hydrogens is 254 g/mol. The fourth-order valence-electron chi connectivity index (χ4n) is 1.88. The van der Waals surface area contributed by atoms with Crippen molar-refractivity contribution in [1.82, 2.24) is 5.32 Å². The molecule has 0 aliphatic carbocycles. The Kier molecular flexibility index (Phi) is 4.21. The van der Waals surface area contributed by atoms with Gasteiger partial charge in [-0.05, 0) is 31.5 Å². The topological polar surface area (TPSA) is 47.6 Å². The van der Waals surface area contributed by atoms with E-state index in [1.807, 2.05) is 19.9 Å². The Morgan fingerprint density at radius 3 is 2.60 bits per heavy atom. The van der Waals surface area contributed by atoms with Gasteiger partial charge in [0.15, 0.2) is 11.5 Å². The molecule has 110 valence electrons. The molecular formula is C16H23NO3. The largest absolute Gasteiger partial charge is 0.489 e.